The van der Waals surface area contributed by atoms with E-state index in [1.54, 1.807) is 11.3 Å². The van der Waals surface area contributed by atoms with E-state index in [-0.39, 0.29) is 0 Å². The van der Waals surface area contributed by atoms with Gasteiger partial charge in [0.25, 0.3) is 0 Å². The van der Waals surface area contributed by atoms with Crippen LogP contribution in [0.2, 0.25) is 0 Å². The number of rotatable bonds is 4. The first-order chi connectivity index (χ1) is 8.28. The molecule has 0 aromatic carbocycles. The minimum absolute atomic E-state index is 0.676. The Kier molecular flexibility index (Phi) is 4.95. The van der Waals surface area contributed by atoms with E-state index in [4.69, 9.17) is 0 Å². The summed E-state index contributed by atoms with van der Waals surface area (Å²) in [4.78, 5) is 7.12. The van der Waals surface area contributed by atoms with E-state index >= 15 is 0 Å². The molecule has 0 spiro atoms. The lowest BCUT2D eigenvalue weighted by molar-refractivity contribution is 0.268. The van der Waals surface area contributed by atoms with E-state index < -0.39 is 0 Å². The van der Waals surface area contributed by atoms with Crippen molar-refractivity contribution in [3.8, 4) is 0 Å². The molecule has 0 radical (unpaired) electrons. The third-order valence-corrected chi connectivity index (χ3v) is 4.39. The van der Waals surface area contributed by atoms with Crippen LogP contribution in [0.1, 0.15) is 30.5 Å². The van der Waals surface area contributed by atoms with Gasteiger partial charge in [-0.3, -0.25) is 0 Å². The minimum atomic E-state index is 0.676. The van der Waals surface area contributed by atoms with Crippen molar-refractivity contribution < 1.29 is 0 Å². The Bertz CT molecular complexity index is 337. The fourth-order valence-electron chi connectivity index (χ4n) is 2.32. The fraction of sp³-hybridized carbons (Fsp3) is 0.769. The summed E-state index contributed by atoms with van der Waals surface area (Å²) in [6.07, 6.45) is 3.61. The van der Waals surface area contributed by atoms with Crippen LogP contribution >= 0.6 is 11.3 Å². The van der Waals surface area contributed by atoms with Gasteiger partial charge >= 0.3 is 0 Å². The molecule has 0 amide bonds. The number of aryl methyl sites for hydroxylation is 1. The third-order valence-electron chi connectivity index (χ3n) is 3.36. The predicted molar refractivity (Wildman–Crippen MR) is 73.7 cm³/mol. The summed E-state index contributed by atoms with van der Waals surface area (Å²) >= 11 is 1.80. The van der Waals surface area contributed by atoms with Crippen LogP contribution < -0.4 is 5.32 Å². The molecule has 96 valence electrons. The highest BCUT2D eigenvalue weighted by molar-refractivity contribution is 7.09. The van der Waals surface area contributed by atoms with Gasteiger partial charge in [0.05, 0.1) is 5.01 Å². The molecule has 1 atom stereocenters. The van der Waals surface area contributed by atoms with Crippen molar-refractivity contribution >= 4 is 11.3 Å². The average molecular weight is 253 g/mol. The Morgan fingerprint density at radius 3 is 3.18 bits per heavy atom. The average Bonchev–Trinajstić information content (AvgIpc) is 2.62. The molecule has 1 unspecified atom stereocenters. The third kappa shape index (κ3) is 4.05. The van der Waals surface area contributed by atoms with Gasteiger partial charge in [0.15, 0.2) is 0 Å². The van der Waals surface area contributed by atoms with Gasteiger partial charge < -0.3 is 10.2 Å². The van der Waals surface area contributed by atoms with Gasteiger partial charge in [-0.05, 0) is 32.9 Å². The van der Waals surface area contributed by atoms with E-state index in [2.05, 4.69) is 34.4 Å². The lowest BCUT2D eigenvalue weighted by atomic mass is 10.2. The molecular formula is C13H23N3S. The predicted octanol–water partition coefficient (Wildman–Crippen LogP) is 2.07. The van der Waals surface area contributed by atoms with Gasteiger partial charge in [0, 0.05) is 36.6 Å². The zero-order valence-corrected chi connectivity index (χ0v) is 11.7. The molecule has 1 saturated heterocycles. The highest BCUT2D eigenvalue weighted by atomic mass is 32.1. The second-order valence-electron chi connectivity index (χ2n) is 4.85. The maximum absolute atomic E-state index is 4.53. The van der Waals surface area contributed by atoms with Crippen LogP contribution in [0.25, 0.3) is 0 Å². The normalized spacial score (nSPS) is 22.6. The first kappa shape index (κ1) is 13.0. The summed E-state index contributed by atoms with van der Waals surface area (Å²) in [6.45, 7) is 9.10. The molecule has 2 rings (SSSR count). The standard InChI is InChI=1S/C13H23N3S/c1-3-12-9-16(7-4-6-14-12)8-5-13-15-11(2)10-17-13/h10,12,14H,3-9H2,1-2H3. The Morgan fingerprint density at radius 2 is 2.47 bits per heavy atom. The molecule has 17 heavy (non-hydrogen) atoms. The van der Waals surface area contributed by atoms with Gasteiger partial charge in [-0.2, -0.15) is 0 Å². The van der Waals surface area contributed by atoms with E-state index in [0.717, 1.165) is 18.7 Å². The molecule has 1 aromatic rings. The second-order valence-corrected chi connectivity index (χ2v) is 5.79. The quantitative estimate of drug-likeness (QED) is 0.890. The molecule has 3 nitrogen and oxygen atoms in total. The summed E-state index contributed by atoms with van der Waals surface area (Å²) in [5.41, 5.74) is 1.16. The van der Waals surface area contributed by atoms with Gasteiger partial charge in [-0.25, -0.2) is 4.98 Å². The van der Waals surface area contributed by atoms with Crippen LogP contribution in [0.3, 0.4) is 0 Å². The summed E-state index contributed by atoms with van der Waals surface area (Å²) in [5, 5.41) is 7.04. The van der Waals surface area contributed by atoms with Crippen molar-refractivity contribution in [3.63, 3.8) is 0 Å². The van der Waals surface area contributed by atoms with Crippen LogP contribution in [0, 0.1) is 6.92 Å². The van der Waals surface area contributed by atoms with Crippen LogP contribution in [0.5, 0.6) is 0 Å². The molecule has 1 N–H and O–H groups in total. The first-order valence-corrected chi connectivity index (χ1v) is 7.52. The molecule has 1 aliphatic rings. The largest absolute Gasteiger partial charge is 0.313 e. The van der Waals surface area contributed by atoms with Crippen molar-refractivity contribution in [1.82, 2.24) is 15.2 Å². The summed E-state index contributed by atoms with van der Waals surface area (Å²) in [5.74, 6) is 0. The smallest absolute Gasteiger partial charge is 0.0940 e. The SMILES string of the molecule is CCC1CN(CCc2nc(C)cs2)CCCN1. The molecule has 4 heteroatoms. The second kappa shape index (κ2) is 6.47. The lowest BCUT2D eigenvalue weighted by Crippen LogP contribution is -2.37. The number of nitrogens with one attached hydrogen (secondary N) is 1. The van der Waals surface area contributed by atoms with Gasteiger partial charge in [-0.15, -0.1) is 11.3 Å². The van der Waals surface area contributed by atoms with E-state index in [1.165, 1.54) is 37.5 Å². The molecule has 1 aromatic heterocycles. The van der Waals surface area contributed by atoms with Crippen LogP contribution in [0.15, 0.2) is 5.38 Å². The summed E-state index contributed by atoms with van der Waals surface area (Å²) in [6, 6.07) is 0.676. The molecular weight excluding hydrogens is 230 g/mol. The van der Waals surface area contributed by atoms with Gasteiger partial charge in [0.1, 0.15) is 0 Å². The molecule has 0 saturated carbocycles. The monoisotopic (exact) mass is 253 g/mol. The maximum Gasteiger partial charge on any atom is 0.0940 e. The number of hydrogen-bond donors (Lipinski definition) is 1. The Balaban J connectivity index is 1.81. The van der Waals surface area contributed by atoms with Crippen LogP contribution in [0.4, 0.5) is 0 Å². The van der Waals surface area contributed by atoms with Crippen LogP contribution in [-0.4, -0.2) is 42.1 Å². The number of aromatic nitrogens is 1. The molecule has 1 aliphatic heterocycles. The van der Waals surface area contributed by atoms with Crippen molar-refractivity contribution in [2.75, 3.05) is 26.2 Å². The fourth-order valence-corrected chi connectivity index (χ4v) is 3.09. The molecule has 0 aliphatic carbocycles. The van der Waals surface area contributed by atoms with Crippen LogP contribution in [-0.2, 0) is 6.42 Å². The number of nitrogens with zero attached hydrogens (tertiary/aromatic N) is 2. The maximum atomic E-state index is 4.53. The van der Waals surface area contributed by atoms with Crippen molar-refractivity contribution in [1.29, 1.82) is 0 Å². The van der Waals surface area contributed by atoms with Gasteiger partial charge in [0.2, 0.25) is 0 Å². The zero-order chi connectivity index (χ0) is 12.1. The highest BCUT2D eigenvalue weighted by Gasteiger charge is 2.15. The summed E-state index contributed by atoms with van der Waals surface area (Å²) in [7, 11) is 0. The number of thiazole rings is 1. The molecule has 0 bridgehead atoms. The topological polar surface area (TPSA) is 28.2 Å². The first-order valence-electron chi connectivity index (χ1n) is 6.64. The highest BCUT2D eigenvalue weighted by Crippen LogP contribution is 2.11. The lowest BCUT2D eigenvalue weighted by Gasteiger charge is -2.23. The minimum Gasteiger partial charge on any atom is -0.313 e. The Hall–Kier alpha value is -0.450. The molecule has 2 heterocycles. The van der Waals surface area contributed by atoms with Gasteiger partial charge in [-0.1, -0.05) is 6.92 Å². The Labute approximate surface area is 108 Å². The summed E-state index contributed by atoms with van der Waals surface area (Å²) < 4.78 is 0. The Morgan fingerprint density at radius 1 is 1.59 bits per heavy atom. The zero-order valence-electron chi connectivity index (χ0n) is 10.9. The van der Waals surface area contributed by atoms with E-state index in [9.17, 15) is 0 Å². The molecule has 1 fully saturated rings. The van der Waals surface area contributed by atoms with Crippen molar-refractivity contribution in [2.45, 2.75) is 39.2 Å². The van der Waals surface area contributed by atoms with Crippen molar-refractivity contribution in [3.05, 3.63) is 16.1 Å². The van der Waals surface area contributed by atoms with Crippen molar-refractivity contribution in [2.24, 2.45) is 0 Å². The number of hydrogen-bond acceptors (Lipinski definition) is 4. The van der Waals surface area contributed by atoms with E-state index in [0.29, 0.717) is 6.04 Å². The van der Waals surface area contributed by atoms with E-state index in [1.807, 2.05) is 0 Å².